The van der Waals surface area contributed by atoms with Crippen molar-refractivity contribution in [3.8, 4) is 0 Å². The van der Waals surface area contributed by atoms with Crippen molar-refractivity contribution in [2.75, 3.05) is 6.54 Å². The van der Waals surface area contributed by atoms with Crippen molar-refractivity contribution in [1.29, 1.82) is 0 Å². The summed E-state index contributed by atoms with van der Waals surface area (Å²) in [7, 11) is 0. The number of aliphatic hydroxyl groups is 1. The molecular weight excluding hydrogens is 193 g/mol. The van der Waals surface area contributed by atoms with Gasteiger partial charge in [-0.1, -0.05) is 12.5 Å². The lowest BCUT2D eigenvalue weighted by Gasteiger charge is -2.41. The lowest BCUT2D eigenvalue weighted by atomic mass is 9.64. The molecule has 3 N–H and O–H groups in total. The fourth-order valence-electron chi connectivity index (χ4n) is 2.26. The quantitative estimate of drug-likeness (QED) is 0.796. The Kier molecular flexibility index (Phi) is 2.76. The van der Waals surface area contributed by atoms with Gasteiger partial charge in [-0.3, -0.25) is 0 Å². The molecule has 1 aromatic carbocycles. The molecule has 1 aliphatic rings. The molecule has 1 aliphatic carbocycles. The van der Waals surface area contributed by atoms with Gasteiger partial charge in [-0.2, -0.15) is 0 Å². The van der Waals surface area contributed by atoms with Gasteiger partial charge in [0, 0.05) is 12.0 Å². The van der Waals surface area contributed by atoms with Crippen LogP contribution in [0, 0.1) is 5.82 Å². The van der Waals surface area contributed by atoms with Crippen LogP contribution in [0.25, 0.3) is 0 Å². The molecule has 0 radical (unpaired) electrons. The third kappa shape index (κ3) is 1.66. The van der Waals surface area contributed by atoms with E-state index in [0.29, 0.717) is 12.1 Å². The Morgan fingerprint density at radius 3 is 2.60 bits per heavy atom. The van der Waals surface area contributed by atoms with Crippen molar-refractivity contribution in [2.45, 2.75) is 31.3 Å². The second-order valence-corrected chi connectivity index (χ2v) is 4.31. The van der Waals surface area contributed by atoms with Gasteiger partial charge in [0.25, 0.3) is 0 Å². The summed E-state index contributed by atoms with van der Waals surface area (Å²) in [4.78, 5) is 0. The molecule has 1 saturated carbocycles. The zero-order valence-electron chi connectivity index (χ0n) is 8.67. The van der Waals surface area contributed by atoms with Crippen molar-refractivity contribution in [1.82, 2.24) is 0 Å². The van der Waals surface area contributed by atoms with Gasteiger partial charge in [0.15, 0.2) is 0 Å². The van der Waals surface area contributed by atoms with E-state index in [-0.39, 0.29) is 17.8 Å². The molecule has 0 amide bonds. The number of aliphatic hydroxyl groups excluding tert-OH is 1. The van der Waals surface area contributed by atoms with Crippen LogP contribution < -0.4 is 5.73 Å². The molecule has 1 fully saturated rings. The van der Waals surface area contributed by atoms with Gasteiger partial charge in [0.1, 0.15) is 5.82 Å². The van der Waals surface area contributed by atoms with E-state index in [4.69, 9.17) is 10.8 Å². The summed E-state index contributed by atoms with van der Waals surface area (Å²) in [5, 5.41) is 9.03. The average molecular weight is 209 g/mol. The number of nitrogens with two attached hydrogens (primary N) is 1. The fourth-order valence-corrected chi connectivity index (χ4v) is 2.26. The SMILES string of the molecule is NCC1(c2cc(CO)ccc2F)CCC1. The highest BCUT2D eigenvalue weighted by Gasteiger charge is 2.39. The van der Waals surface area contributed by atoms with Crippen LogP contribution in [0.5, 0.6) is 0 Å². The van der Waals surface area contributed by atoms with Crippen LogP contribution in [0.2, 0.25) is 0 Å². The topological polar surface area (TPSA) is 46.2 Å². The van der Waals surface area contributed by atoms with Crippen LogP contribution in [0.3, 0.4) is 0 Å². The van der Waals surface area contributed by atoms with Gasteiger partial charge in [0.2, 0.25) is 0 Å². The minimum absolute atomic E-state index is 0.0477. The number of halogens is 1. The van der Waals surface area contributed by atoms with Gasteiger partial charge in [0.05, 0.1) is 6.61 Å². The Hall–Kier alpha value is -0.930. The standard InChI is InChI=1S/C12H16FNO/c13-11-3-2-9(7-15)6-10(11)12(8-14)4-1-5-12/h2-3,6,15H,1,4-5,7-8,14H2. The molecule has 3 heteroatoms. The van der Waals surface area contributed by atoms with Crippen molar-refractivity contribution in [3.63, 3.8) is 0 Å². The predicted octanol–water partition coefficient (Wildman–Crippen LogP) is 1.70. The highest BCUT2D eigenvalue weighted by atomic mass is 19.1. The number of rotatable bonds is 3. The van der Waals surface area contributed by atoms with Crippen LogP contribution in [0.4, 0.5) is 4.39 Å². The van der Waals surface area contributed by atoms with Gasteiger partial charge >= 0.3 is 0 Å². The first-order chi connectivity index (χ1) is 7.22. The van der Waals surface area contributed by atoms with Crippen LogP contribution in [0.15, 0.2) is 18.2 Å². The summed E-state index contributed by atoms with van der Waals surface area (Å²) in [6, 6.07) is 4.79. The zero-order valence-corrected chi connectivity index (χ0v) is 8.67. The van der Waals surface area contributed by atoms with E-state index in [0.717, 1.165) is 24.8 Å². The second kappa shape index (κ2) is 3.91. The molecule has 2 rings (SSSR count). The summed E-state index contributed by atoms with van der Waals surface area (Å²) >= 11 is 0. The Morgan fingerprint density at radius 2 is 2.13 bits per heavy atom. The predicted molar refractivity (Wildman–Crippen MR) is 56.9 cm³/mol. The molecule has 2 nitrogen and oxygen atoms in total. The van der Waals surface area contributed by atoms with E-state index in [1.807, 2.05) is 0 Å². The molecule has 0 unspecified atom stereocenters. The molecule has 0 bridgehead atoms. The lowest BCUT2D eigenvalue weighted by Crippen LogP contribution is -2.42. The van der Waals surface area contributed by atoms with E-state index in [2.05, 4.69) is 0 Å². The normalized spacial score (nSPS) is 18.6. The lowest BCUT2D eigenvalue weighted by molar-refractivity contribution is 0.243. The monoisotopic (exact) mass is 209 g/mol. The van der Waals surface area contributed by atoms with Gasteiger partial charge < -0.3 is 10.8 Å². The first kappa shape index (κ1) is 10.6. The number of hydrogen-bond acceptors (Lipinski definition) is 2. The van der Waals surface area contributed by atoms with Crippen LogP contribution in [0.1, 0.15) is 30.4 Å². The smallest absolute Gasteiger partial charge is 0.127 e. The molecule has 0 spiro atoms. The average Bonchev–Trinajstić information content (AvgIpc) is 2.20. The zero-order chi connectivity index (χ0) is 10.9. The van der Waals surface area contributed by atoms with Crippen LogP contribution in [-0.2, 0) is 12.0 Å². The maximum atomic E-state index is 13.7. The maximum absolute atomic E-state index is 13.7. The Bertz CT molecular complexity index is 355. The van der Waals surface area contributed by atoms with E-state index in [9.17, 15) is 4.39 Å². The molecule has 0 aromatic heterocycles. The second-order valence-electron chi connectivity index (χ2n) is 4.31. The highest BCUT2D eigenvalue weighted by Crippen LogP contribution is 2.43. The molecular formula is C12H16FNO. The summed E-state index contributed by atoms with van der Waals surface area (Å²) < 4.78 is 13.7. The maximum Gasteiger partial charge on any atom is 0.127 e. The molecule has 1 aromatic rings. The molecule has 82 valence electrons. The van der Waals surface area contributed by atoms with Crippen molar-refractivity contribution in [3.05, 3.63) is 35.1 Å². The van der Waals surface area contributed by atoms with E-state index in [1.54, 1.807) is 12.1 Å². The van der Waals surface area contributed by atoms with Crippen LogP contribution in [-0.4, -0.2) is 11.7 Å². The highest BCUT2D eigenvalue weighted by molar-refractivity contribution is 5.33. The third-order valence-electron chi connectivity index (χ3n) is 3.49. The van der Waals surface area contributed by atoms with E-state index >= 15 is 0 Å². The van der Waals surface area contributed by atoms with E-state index < -0.39 is 0 Å². The molecule has 0 saturated heterocycles. The fraction of sp³-hybridized carbons (Fsp3) is 0.500. The Morgan fingerprint density at radius 1 is 1.40 bits per heavy atom. The van der Waals surface area contributed by atoms with Gasteiger partial charge in [-0.25, -0.2) is 4.39 Å². The Balaban J connectivity index is 2.41. The van der Waals surface area contributed by atoms with Crippen molar-refractivity contribution in [2.24, 2.45) is 5.73 Å². The van der Waals surface area contributed by atoms with Gasteiger partial charge in [-0.15, -0.1) is 0 Å². The molecule has 0 atom stereocenters. The minimum atomic E-state index is -0.197. The summed E-state index contributed by atoms with van der Waals surface area (Å²) in [6.07, 6.45) is 3.02. The van der Waals surface area contributed by atoms with E-state index in [1.165, 1.54) is 6.07 Å². The minimum Gasteiger partial charge on any atom is -0.392 e. The molecule has 15 heavy (non-hydrogen) atoms. The summed E-state index contributed by atoms with van der Waals surface area (Å²) in [6.45, 7) is 0.437. The Labute approximate surface area is 88.9 Å². The van der Waals surface area contributed by atoms with Crippen molar-refractivity contribution >= 4 is 0 Å². The summed E-state index contributed by atoms with van der Waals surface area (Å²) in [5.74, 6) is -0.197. The number of hydrogen-bond donors (Lipinski definition) is 2. The first-order valence-corrected chi connectivity index (χ1v) is 5.32. The van der Waals surface area contributed by atoms with Crippen LogP contribution >= 0.6 is 0 Å². The van der Waals surface area contributed by atoms with Gasteiger partial charge in [-0.05, 0) is 36.1 Å². The first-order valence-electron chi connectivity index (χ1n) is 5.32. The molecule has 0 aliphatic heterocycles. The number of benzene rings is 1. The largest absolute Gasteiger partial charge is 0.392 e. The van der Waals surface area contributed by atoms with Crippen molar-refractivity contribution < 1.29 is 9.50 Å². The third-order valence-corrected chi connectivity index (χ3v) is 3.49. The summed E-state index contributed by atoms with van der Waals surface area (Å²) in [5.41, 5.74) is 7.00. The molecule has 0 heterocycles.